The lowest BCUT2D eigenvalue weighted by Gasteiger charge is -2.29. The van der Waals surface area contributed by atoms with Crippen LogP contribution < -0.4 is 0 Å². The lowest BCUT2D eigenvalue weighted by Crippen LogP contribution is -2.38. The smallest absolute Gasteiger partial charge is 0.0667 e. The summed E-state index contributed by atoms with van der Waals surface area (Å²) in [6, 6.07) is 0. The second-order valence-electron chi connectivity index (χ2n) is 4.86. The van der Waals surface area contributed by atoms with E-state index in [1.54, 1.807) is 0 Å². The largest absolute Gasteiger partial charge is 0.392 e. The van der Waals surface area contributed by atoms with Crippen LogP contribution in [0, 0.1) is 0 Å². The number of rotatable bonds is 7. The summed E-state index contributed by atoms with van der Waals surface area (Å²) in [5.41, 5.74) is 0. The third kappa shape index (κ3) is 6.16. The summed E-state index contributed by atoms with van der Waals surface area (Å²) in [6.45, 7) is 5.57. The Hall–Kier alpha value is -0.0800. The Morgan fingerprint density at radius 2 is 1.87 bits per heavy atom. The number of nitrogens with zero attached hydrogens (tertiary/aromatic N) is 1. The maximum atomic E-state index is 9.51. The van der Waals surface area contributed by atoms with E-state index in [4.69, 9.17) is 0 Å². The summed E-state index contributed by atoms with van der Waals surface area (Å²) in [5, 5.41) is 9.51. The topological polar surface area (TPSA) is 23.5 Å². The van der Waals surface area contributed by atoms with Gasteiger partial charge in [0.1, 0.15) is 0 Å². The number of β-amino-alcohol motifs (C(OH)–C–C–N with tert-alkyl or cyclic N) is 1. The molecule has 0 amide bonds. The summed E-state index contributed by atoms with van der Waals surface area (Å²) >= 11 is 0. The van der Waals surface area contributed by atoms with Crippen LogP contribution in [0.5, 0.6) is 0 Å². The van der Waals surface area contributed by atoms with Gasteiger partial charge >= 0.3 is 0 Å². The second-order valence-corrected chi connectivity index (χ2v) is 4.86. The summed E-state index contributed by atoms with van der Waals surface area (Å²) in [5.74, 6) is 0. The van der Waals surface area contributed by atoms with Gasteiger partial charge < -0.3 is 10.0 Å². The molecule has 1 rings (SSSR count). The first-order valence-electron chi connectivity index (χ1n) is 6.73. The molecule has 0 saturated carbocycles. The fraction of sp³-hybridized carbons (Fsp3) is 1.00. The normalized spacial score (nSPS) is 23.2. The minimum Gasteiger partial charge on any atom is -0.392 e. The van der Waals surface area contributed by atoms with Gasteiger partial charge in [0.15, 0.2) is 0 Å². The zero-order valence-corrected chi connectivity index (χ0v) is 10.2. The predicted molar refractivity (Wildman–Crippen MR) is 65.1 cm³/mol. The molecule has 0 aromatic rings. The van der Waals surface area contributed by atoms with Crippen molar-refractivity contribution in [2.45, 2.75) is 64.4 Å². The number of piperidine rings is 1. The van der Waals surface area contributed by atoms with Crippen LogP contribution in [-0.2, 0) is 0 Å². The van der Waals surface area contributed by atoms with Crippen LogP contribution in [0.15, 0.2) is 0 Å². The van der Waals surface area contributed by atoms with Crippen LogP contribution in [0.4, 0.5) is 0 Å². The minimum atomic E-state index is -0.0566. The predicted octanol–water partition coefficient (Wildman–Crippen LogP) is 2.80. The molecule has 0 bridgehead atoms. The van der Waals surface area contributed by atoms with E-state index in [0.717, 1.165) is 13.0 Å². The summed E-state index contributed by atoms with van der Waals surface area (Å²) in [6.07, 6.45) is 10.3. The van der Waals surface area contributed by atoms with Gasteiger partial charge in [0.2, 0.25) is 0 Å². The van der Waals surface area contributed by atoms with Crippen molar-refractivity contribution < 1.29 is 5.11 Å². The second kappa shape index (κ2) is 8.12. The van der Waals surface area contributed by atoms with E-state index < -0.39 is 0 Å². The van der Waals surface area contributed by atoms with Gasteiger partial charge in [-0.25, -0.2) is 0 Å². The molecule has 0 unspecified atom stereocenters. The van der Waals surface area contributed by atoms with Crippen molar-refractivity contribution >= 4 is 0 Å². The third-order valence-electron chi connectivity index (χ3n) is 3.31. The molecule has 1 heterocycles. The number of unbranched alkanes of at least 4 members (excludes halogenated alkanes) is 5. The van der Waals surface area contributed by atoms with Crippen molar-refractivity contribution in [3.63, 3.8) is 0 Å². The Bertz CT molecular complexity index is 149. The van der Waals surface area contributed by atoms with Crippen molar-refractivity contribution in [1.29, 1.82) is 0 Å². The minimum absolute atomic E-state index is 0.0566. The lowest BCUT2D eigenvalue weighted by atomic mass is 10.1. The van der Waals surface area contributed by atoms with E-state index in [9.17, 15) is 5.11 Å². The molecule has 2 heteroatoms. The van der Waals surface area contributed by atoms with Crippen LogP contribution in [0.2, 0.25) is 0 Å². The molecule has 2 nitrogen and oxygen atoms in total. The molecule has 0 spiro atoms. The molecule has 1 N–H and O–H groups in total. The van der Waals surface area contributed by atoms with Crippen LogP contribution in [-0.4, -0.2) is 35.7 Å². The van der Waals surface area contributed by atoms with Crippen molar-refractivity contribution in [2.75, 3.05) is 19.6 Å². The zero-order chi connectivity index (χ0) is 10.9. The Kier molecular flexibility index (Phi) is 7.03. The Balaban J connectivity index is 1.90. The van der Waals surface area contributed by atoms with Gasteiger partial charge in [-0.1, -0.05) is 39.0 Å². The van der Waals surface area contributed by atoms with E-state index in [2.05, 4.69) is 11.8 Å². The number of aliphatic hydroxyl groups excluding tert-OH is 1. The molecule has 1 fully saturated rings. The average Bonchev–Trinajstić information content (AvgIpc) is 2.23. The lowest BCUT2D eigenvalue weighted by molar-refractivity contribution is 0.0698. The summed E-state index contributed by atoms with van der Waals surface area (Å²) < 4.78 is 0. The number of hydrogen-bond donors (Lipinski definition) is 1. The monoisotopic (exact) mass is 213 g/mol. The highest BCUT2D eigenvalue weighted by molar-refractivity contribution is 4.71. The van der Waals surface area contributed by atoms with E-state index in [-0.39, 0.29) is 6.10 Å². The van der Waals surface area contributed by atoms with E-state index in [1.807, 2.05) is 0 Å². The van der Waals surface area contributed by atoms with Crippen molar-refractivity contribution in [3.8, 4) is 0 Å². The van der Waals surface area contributed by atoms with Crippen molar-refractivity contribution in [2.24, 2.45) is 0 Å². The maximum Gasteiger partial charge on any atom is 0.0667 e. The standard InChI is InChI=1S/C13H27NO/c1-2-3-4-5-6-7-10-14-11-8-9-13(15)12-14/h13,15H,2-12H2,1H3/t13-/m0/s1. The van der Waals surface area contributed by atoms with Gasteiger partial charge in [-0.15, -0.1) is 0 Å². The van der Waals surface area contributed by atoms with Crippen LogP contribution >= 0.6 is 0 Å². The number of likely N-dealkylation sites (tertiary alicyclic amines) is 1. The Morgan fingerprint density at radius 3 is 2.60 bits per heavy atom. The number of aliphatic hydroxyl groups is 1. The molecule has 90 valence electrons. The van der Waals surface area contributed by atoms with Gasteiger partial charge in [0.05, 0.1) is 6.10 Å². The van der Waals surface area contributed by atoms with E-state index in [0.29, 0.717) is 0 Å². The summed E-state index contributed by atoms with van der Waals surface area (Å²) in [7, 11) is 0. The van der Waals surface area contributed by atoms with Gasteiger partial charge in [0.25, 0.3) is 0 Å². The van der Waals surface area contributed by atoms with E-state index in [1.165, 1.54) is 58.0 Å². The molecule has 0 aliphatic carbocycles. The zero-order valence-electron chi connectivity index (χ0n) is 10.2. The summed E-state index contributed by atoms with van der Waals surface area (Å²) in [4.78, 5) is 2.42. The number of hydrogen-bond acceptors (Lipinski definition) is 2. The molecule has 1 aliphatic rings. The van der Waals surface area contributed by atoms with Gasteiger partial charge in [-0.05, 0) is 32.4 Å². The molecule has 0 radical (unpaired) electrons. The first kappa shape index (κ1) is 13.0. The molecule has 1 saturated heterocycles. The van der Waals surface area contributed by atoms with Crippen LogP contribution in [0.25, 0.3) is 0 Å². The highest BCUT2D eigenvalue weighted by Crippen LogP contribution is 2.11. The first-order chi connectivity index (χ1) is 7.33. The maximum absolute atomic E-state index is 9.51. The Morgan fingerprint density at radius 1 is 1.13 bits per heavy atom. The average molecular weight is 213 g/mol. The molecule has 15 heavy (non-hydrogen) atoms. The van der Waals surface area contributed by atoms with Crippen LogP contribution in [0.3, 0.4) is 0 Å². The molecule has 0 aromatic carbocycles. The molecular weight excluding hydrogens is 186 g/mol. The highest BCUT2D eigenvalue weighted by atomic mass is 16.3. The molecule has 1 atom stereocenters. The molecule has 1 aliphatic heterocycles. The van der Waals surface area contributed by atoms with Gasteiger partial charge in [-0.2, -0.15) is 0 Å². The van der Waals surface area contributed by atoms with E-state index >= 15 is 0 Å². The fourth-order valence-corrected chi connectivity index (χ4v) is 2.35. The molecule has 0 aromatic heterocycles. The Labute approximate surface area is 94.7 Å². The first-order valence-corrected chi connectivity index (χ1v) is 6.73. The van der Waals surface area contributed by atoms with Crippen molar-refractivity contribution in [3.05, 3.63) is 0 Å². The molecular formula is C13H27NO. The van der Waals surface area contributed by atoms with Crippen molar-refractivity contribution in [1.82, 2.24) is 4.90 Å². The van der Waals surface area contributed by atoms with Gasteiger partial charge in [-0.3, -0.25) is 0 Å². The van der Waals surface area contributed by atoms with Crippen LogP contribution in [0.1, 0.15) is 58.3 Å². The fourth-order valence-electron chi connectivity index (χ4n) is 2.35. The van der Waals surface area contributed by atoms with Gasteiger partial charge in [0, 0.05) is 6.54 Å². The quantitative estimate of drug-likeness (QED) is 0.657. The third-order valence-corrected chi connectivity index (χ3v) is 3.31. The highest BCUT2D eigenvalue weighted by Gasteiger charge is 2.16. The SMILES string of the molecule is CCCCCCCCN1CCC[C@H](O)C1.